The van der Waals surface area contributed by atoms with Gasteiger partial charge in [-0.1, -0.05) is 30.2 Å². The number of hydrogen-bond acceptors (Lipinski definition) is 9. The molecule has 260 valence electrons. The van der Waals surface area contributed by atoms with Gasteiger partial charge in [-0.15, -0.1) is 5.10 Å². The van der Waals surface area contributed by atoms with Crippen LogP contribution in [0.1, 0.15) is 43.6 Å². The number of fused-ring (bicyclic) bond motifs is 4. The van der Waals surface area contributed by atoms with Crippen LogP contribution in [0.15, 0.2) is 84.4 Å². The van der Waals surface area contributed by atoms with Gasteiger partial charge in [0.15, 0.2) is 5.69 Å². The van der Waals surface area contributed by atoms with Gasteiger partial charge in [0.05, 0.1) is 60.3 Å². The molecule has 6 heterocycles. The monoisotopic (exact) mass is 716 g/mol. The van der Waals surface area contributed by atoms with Gasteiger partial charge < -0.3 is 10.1 Å². The molecule has 1 aliphatic rings. The van der Waals surface area contributed by atoms with Crippen molar-refractivity contribution in [1.82, 2.24) is 44.3 Å². The van der Waals surface area contributed by atoms with Gasteiger partial charge in [0, 0.05) is 46.6 Å². The molecule has 5 aromatic heterocycles. The van der Waals surface area contributed by atoms with Crippen molar-refractivity contribution in [2.24, 2.45) is 5.92 Å². The summed E-state index contributed by atoms with van der Waals surface area (Å²) in [4.78, 5) is 40.5. The number of benzene rings is 1. The zero-order valence-electron chi connectivity index (χ0n) is 27.0. The molecule has 0 saturated heterocycles. The number of nitrogens with one attached hydrogen (secondary N) is 1. The van der Waals surface area contributed by atoms with Gasteiger partial charge in [-0.25, -0.2) is 19.3 Å². The molecule has 2 bridgehead atoms. The molecular weight excluding hydrogens is 689 g/mol. The fourth-order valence-electron chi connectivity index (χ4n) is 5.89. The minimum Gasteiger partial charge on any atom is -0.481 e. The number of hydrogen-bond donors (Lipinski definition) is 1. The molecule has 1 aromatic carbocycles. The van der Waals surface area contributed by atoms with Gasteiger partial charge in [0.25, 0.3) is 5.56 Å². The summed E-state index contributed by atoms with van der Waals surface area (Å²) in [6.45, 7) is 1.84. The second-order valence-corrected chi connectivity index (χ2v) is 12.4. The van der Waals surface area contributed by atoms with E-state index >= 15 is 0 Å². The normalized spacial score (nSPS) is 16.5. The van der Waals surface area contributed by atoms with Crippen LogP contribution >= 0.6 is 11.6 Å². The molecule has 2 atom stereocenters. The van der Waals surface area contributed by atoms with Crippen LogP contribution in [0.4, 0.5) is 18.9 Å². The van der Waals surface area contributed by atoms with E-state index < -0.39 is 23.5 Å². The number of aromatic nitrogens is 9. The second-order valence-electron chi connectivity index (χ2n) is 11.9. The molecular formula is C34H28ClF3N10O3. The first-order chi connectivity index (χ1) is 24.5. The zero-order valence-corrected chi connectivity index (χ0v) is 27.8. The summed E-state index contributed by atoms with van der Waals surface area (Å²) in [5.74, 6) is -0.138. The summed E-state index contributed by atoms with van der Waals surface area (Å²) in [6.07, 6.45) is 3.92. The van der Waals surface area contributed by atoms with Crippen LogP contribution in [0.5, 0.6) is 5.88 Å². The van der Waals surface area contributed by atoms with Gasteiger partial charge in [0.2, 0.25) is 11.8 Å². The molecule has 51 heavy (non-hydrogen) atoms. The molecule has 0 saturated carbocycles. The molecule has 7 rings (SSSR count). The Morgan fingerprint density at radius 2 is 1.78 bits per heavy atom. The zero-order chi connectivity index (χ0) is 35.9. The maximum atomic E-state index is 13.9. The lowest BCUT2D eigenvalue weighted by atomic mass is 9.97. The number of anilines is 1. The number of nitrogens with zero attached hydrogens (tertiary/aromatic N) is 9. The first-order valence-corrected chi connectivity index (χ1v) is 16.1. The fourth-order valence-corrected chi connectivity index (χ4v) is 6.06. The van der Waals surface area contributed by atoms with Crippen molar-refractivity contribution >= 4 is 23.2 Å². The van der Waals surface area contributed by atoms with E-state index in [-0.39, 0.29) is 33.8 Å². The summed E-state index contributed by atoms with van der Waals surface area (Å²) >= 11 is 6.27. The van der Waals surface area contributed by atoms with E-state index in [9.17, 15) is 22.8 Å². The summed E-state index contributed by atoms with van der Waals surface area (Å²) in [5, 5.41) is 15.0. The van der Waals surface area contributed by atoms with Crippen LogP contribution in [-0.2, 0) is 11.0 Å². The number of carbonyl (C=O) groups is 1. The minimum absolute atomic E-state index is 0.167. The van der Waals surface area contributed by atoms with E-state index in [2.05, 4.69) is 30.6 Å². The lowest BCUT2D eigenvalue weighted by Crippen LogP contribution is -2.27. The average Bonchev–Trinajstić information content (AvgIpc) is 3.79. The Bertz CT molecular complexity index is 2320. The maximum Gasteiger partial charge on any atom is 0.436 e. The Balaban J connectivity index is 1.29. The predicted octanol–water partition coefficient (Wildman–Crippen LogP) is 6.16. The summed E-state index contributed by atoms with van der Waals surface area (Å²) in [7, 11) is 1.52. The molecule has 2 unspecified atom stereocenters. The van der Waals surface area contributed by atoms with Gasteiger partial charge >= 0.3 is 6.18 Å². The lowest BCUT2D eigenvalue weighted by Gasteiger charge is -2.22. The van der Waals surface area contributed by atoms with Gasteiger partial charge in [-0.3, -0.25) is 19.1 Å². The van der Waals surface area contributed by atoms with Gasteiger partial charge in [0.1, 0.15) is 5.69 Å². The summed E-state index contributed by atoms with van der Waals surface area (Å²) in [5.41, 5.74) is 1.90. The van der Waals surface area contributed by atoms with Crippen LogP contribution in [-0.4, -0.2) is 57.3 Å². The Hall–Kier alpha value is -5.90. The fraction of sp³-hybridized carbons (Fsp3) is 0.235. The number of halogens is 4. The number of methoxy groups -OCH3 is 1. The van der Waals surface area contributed by atoms with Crippen molar-refractivity contribution in [2.45, 2.75) is 38.4 Å². The third kappa shape index (κ3) is 6.81. The van der Waals surface area contributed by atoms with Crippen molar-refractivity contribution in [1.29, 1.82) is 0 Å². The van der Waals surface area contributed by atoms with E-state index in [1.54, 1.807) is 41.5 Å². The van der Waals surface area contributed by atoms with Crippen LogP contribution in [0.2, 0.25) is 5.02 Å². The quantitative estimate of drug-likeness (QED) is 0.221. The molecule has 17 heteroatoms. The van der Waals surface area contributed by atoms with E-state index in [4.69, 9.17) is 21.4 Å². The molecule has 1 amide bonds. The van der Waals surface area contributed by atoms with Crippen LogP contribution in [0, 0.1) is 5.92 Å². The highest BCUT2D eigenvalue weighted by Gasteiger charge is 2.35. The number of alkyl halides is 3. The first-order valence-electron chi connectivity index (χ1n) is 15.7. The Morgan fingerprint density at radius 1 is 0.961 bits per heavy atom. The highest BCUT2D eigenvalue weighted by molar-refractivity contribution is 6.31. The molecule has 1 N–H and O–H groups in total. The van der Waals surface area contributed by atoms with E-state index in [0.717, 1.165) is 10.9 Å². The van der Waals surface area contributed by atoms with Crippen molar-refractivity contribution < 1.29 is 22.7 Å². The first kappa shape index (κ1) is 33.6. The summed E-state index contributed by atoms with van der Waals surface area (Å²) < 4.78 is 49.2. The van der Waals surface area contributed by atoms with E-state index in [0.29, 0.717) is 53.5 Å². The average molecular weight is 717 g/mol. The molecule has 0 spiro atoms. The van der Waals surface area contributed by atoms with Crippen molar-refractivity contribution in [3.05, 3.63) is 106 Å². The van der Waals surface area contributed by atoms with Crippen molar-refractivity contribution in [3.63, 3.8) is 0 Å². The smallest absolute Gasteiger partial charge is 0.436 e. The van der Waals surface area contributed by atoms with Crippen molar-refractivity contribution in [2.75, 3.05) is 12.4 Å². The minimum atomic E-state index is -4.69. The van der Waals surface area contributed by atoms with Crippen LogP contribution in [0.3, 0.4) is 0 Å². The Kier molecular flexibility index (Phi) is 8.85. The standard InChI is InChI=1S/C34H28ClF3N10O3/c1-19-4-3-5-28(25-12-20(8-10-39-25)32-26(42-33(19)50)16-47(44-32)22-9-11-40-30(14-22)51-2)46-18-41-24(15-31(46)49)23-13-21(35)6-7-27(23)48-17-29(43-45-48)34(36,37)38/h6-19,28H,3-5H2,1-2H3,(H,42,50). The largest absolute Gasteiger partial charge is 0.481 e. The molecule has 0 fully saturated rings. The summed E-state index contributed by atoms with van der Waals surface area (Å²) in [6, 6.07) is 12.2. The number of ether oxygens (including phenoxy) is 1. The molecule has 1 aliphatic heterocycles. The van der Waals surface area contributed by atoms with Gasteiger partial charge in [-0.05, 0) is 49.2 Å². The van der Waals surface area contributed by atoms with Crippen LogP contribution < -0.4 is 15.6 Å². The van der Waals surface area contributed by atoms with E-state index in [1.807, 2.05) is 13.0 Å². The van der Waals surface area contributed by atoms with Crippen LogP contribution in [0.25, 0.3) is 33.9 Å². The number of rotatable bonds is 5. The topological polar surface area (TPSA) is 148 Å². The molecule has 0 radical (unpaired) electrons. The second kappa shape index (κ2) is 13.4. The van der Waals surface area contributed by atoms with Crippen molar-refractivity contribution in [3.8, 4) is 39.8 Å². The number of carbonyl (C=O) groups excluding carboxylic acids is 1. The molecule has 13 nitrogen and oxygen atoms in total. The number of pyridine rings is 2. The number of amides is 1. The Labute approximate surface area is 292 Å². The molecule has 6 aromatic rings. The highest BCUT2D eigenvalue weighted by atomic mass is 35.5. The third-order valence-corrected chi connectivity index (χ3v) is 8.79. The highest BCUT2D eigenvalue weighted by Crippen LogP contribution is 2.34. The lowest BCUT2D eigenvalue weighted by molar-refractivity contribution is -0.141. The maximum absolute atomic E-state index is 13.9. The SMILES string of the molecule is COc1cc(-n2cc3c(n2)-c2ccnc(c2)C(n2cnc(-c4cc(Cl)ccc4-n4cc(C(F)(F)F)nn4)cc2=O)CCCC(C)C(=O)N3)ccn1. The molecule has 0 aliphatic carbocycles. The Morgan fingerprint density at radius 3 is 2.55 bits per heavy atom. The predicted molar refractivity (Wildman–Crippen MR) is 180 cm³/mol. The third-order valence-electron chi connectivity index (χ3n) is 8.56. The van der Waals surface area contributed by atoms with E-state index in [1.165, 1.54) is 42.3 Å². The van der Waals surface area contributed by atoms with Gasteiger partial charge in [-0.2, -0.15) is 18.3 Å².